The smallest absolute Gasteiger partial charge is 0.288 e. The molecule has 2 aromatic heterocycles. The van der Waals surface area contributed by atoms with Crippen molar-refractivity contribution in [2.75, 3.05) is 0 Å². The summed E-state index contributed by atoms with van der Waals surface area (Å²) in [5.41, 5.74) is -0.347. The van der Waals surface area contributed by atoms with Crippen molar-refractivity contribution in [2.24, 2.45) is 7.05 Å². The number of nitrogens with zero attached hydrogens (tertiary/aromatic N) is 3. The summed E-state index contributed by atoms with van der Waals surface area (Å²) in [5.74, 6) is -0.494. The maximum absolute atomic E-state index is 12.5. The van der Waals surface area contributed by atoms with Crippen molar-refractivity contribution in [2.45, 2.75) is 19.5 Å². The Morgan fingerprint density at radius 2 is 2.00 bits per heavy atom. The Balaban J connectivity index is 2.44. The van der Waals surface area contributed by atoms with Gasteiger partial charge in [-0.3, -0.25) is 9.48 Å². The van der Waals surface area contributed by atoms with Gasteiger partial charge in [-0.25, -0.2) is 4.98 Å². The fourth-order valence-corrected chi connectivity index (χ4v) is 2.13. The number of rotatable bonds is 3. The number of ketones is 1. The molecular formula is C13H11ClF3N3O. The monoisotopic (exact) mass is 317 g/mol. The van der Waals surface area contributed by atoms with Gasteiger partial charge in [-0.2, -0.15) is 18.3 Å². The number of carbonyl (C=O) groups is 1. The van der Waals surface area contributed by atoms with E-state index in [-0.39, 0.29) is 5.56 Å². The van der Waals surface area contributed by atoms with Gasteiger partial charge in [-0.1, -0.05) is 18.5 Å². The van der Waals surface area contributed by atoms with Gasteiger partial charge in [-0.05, 0) is 18.6 Å². The van der Waals surface area contributed by atoms with Crippen LogP contribution in [0.1, 0.15) is 34.2 Å². The molecule has 2 aromatic rings. The van der Waals surface area contributed by atoms with Crippen LogP contribution in [0.5, 0.6) is 0 Å². The maximum atomic E-state index is 12.5. The van der Waals surface area contributed by atoms with E-state index >= 15 is 0 Å². The van der Waals surface area contributed by atoms with Crippen molar-refractivity contribution in [3.63, 3.8) is 0 Å². The molecule has 0 fully saturated rings. The normalized spacial score (nSPS) is 11.7. The maximum Gasteiger partial charge on any atom is 0.433 e. The predicted molar refractivity (Wildman–Crippen MR) is 70.3 cm³/mol. The van der Waals surface area contributed by atoms with Gasteiger partial charge < -0.3 is 0 Å². The molecule has 0 aliphatic carbocycles. The third-order valence-corrected chi connectivity index (χ3v) is 3.16. The molecule has 0 amide bonds. The summed E-state index contributed by atoms with van der Waals surface area (Å²) in [7, 11) is 1.66. The highest BCUT2D eigenvalue weighted by Crippen LogP contribution is 2.30. The standard InChI is InChI=1S/C13H11ClF3N3O/c1-3-9-8(6-20(2)19-9)11(21)7-4-5-10(13(15,16)17)18-12(7)14/h4-6H,3H2,1-2H3. The van der Waals surface area contributed by atoms with Gasteiger partial charge in [0, 0.05) is 13.2 Å². The second-order valence-electron chi connectivity index (χ2n) is 4.38. The number of aromatic nitrogens is 3. The van der Waals surface area contributed by atoms with E-state index in [1.807, 2.05) is 6.92 Å². The van der Waals surface area contributed by atoms with E-state index in [1.165, 1.54) is 10.9 Å². The average Bonchev–Trinajstić information content (AvgIpc) is 2.78. The van der Waals surface area contributed by atoms with Crippen molar-refractivity contribution in [1.29, 1.82) is 0 Å². The molecule has 4 nitrogen and oxygen atoms in total. The number of pyridine rings is 1. The average molecular weight is 318 g/mol. The van der Waals surface area contributed by atoms with E-state index in [0.29, 0.717) is 17.7 Å². The van der Waals surface area contributed by atoms with Crippen LogP contribution >= 0.6 is 11.6 Å². The van der Waals surface area contributed by atoms with Gasteiger partial charge in [0.1, 0.15) is 10.8 Å². The molecule has 2 heterocycles. The molecule has 2 rings (SSSR count). The van der Waals surface area contributed by atoms with E-state index in [2.05, 4.69) is 10.1 Å². The molecule has 0 unspecified atom stereocenters. The molecule has 0 spiro atoms. The van der Waals surface area contributed by atoms with Crippen LogP contribution < -0.4 is 0 Å². The SMILES string of the molecule is CCc1nn(C)cc1C(=O)c1ccc(C(F)(F)F)nc1Cl. The lowest BCUT2D eigenvalue weighted by atomic mass is 10.0. The van der Waals surface area contributed by atoms with Crippen LogP contribution in [0.15, 0.2) is 18.3 Å². The highest BCUT2D eigenvalue weighted by Gasteiger charge is 2.33. The van der Waals surface area contributed by atoms with Crippen LogP contribution in [0.3, 0.4) is 0 Å². The van der Waals surface area contributed by atoms with Crippen LogP contribution in [0, 0.1) is 0 Å². The molecule has 0 atom stereocenters. The second-order valence-corrected chi connectivity index (χ2v) is 4.74. The van der Waals surface area contributed by atoms with Gasteiger partial charge in [0.05, 0.1) is 16.8 Å². The quantitative estimate of drug-likeness (QED) is 0.645. The van der Waals surface area contributed by atoms with E-state index < -0.39 is 22.8 Å². The fourth-order valence-electron chi connectivity index (χ4n) is 1.89. The zero-order valence-electron chi connectivity index (χ0n) is 11.2. The minimum atomic E-state index is -4.60. The minimum absolute atomic E-state index is 0.0765. The first-order valence-corrected chi connectivity index (χ1v) is 6.42. The third-order valence-electron chi connectivity index (χ3n) is 2.87. The van der Waals surface area contributed by atoms with Crippen LogP contribution in [0.25, 0.3) is 0 Å². The molecule has 0 saturated heterocycles. The Morgan fingerprint density at radius 1 is 1.33 bits per heavy atom. The van der Waals surface area contributed by atoms with Gasteiger partial charge in [0.2, 0.25) is 0 Å². The Kier molecular flexibility index (Phi) is 4.04. The van der Waals surface area contributed by atoms with E-state index in [4.69, 9.17) is 11.6 Å². The molecule has 0 bridgehead atoms. The highest BCUT2D eigenvalue weighted by atomic mass is 35.5. The zero-order chi connectivity index (χ0) is 15.8. The lowest BCUT2D eigenvalue weighted by Crippen LogP contribution is -2.11. The fraction of sp³-hybridized carbons (Fsp3) is 0.308. The molecule has 0 aliphatic heterocycles. The number of aryl methyl sites for hydroxylation is 2. The van der Waals surface area contributed by atoms with Gasteiger partial charge in [-0.15, -0.1) is 0 Å². The number of halogens is 4. The van der Waals surface area contributed by atoms with Gasteiger partial charge in [0.25, 0.3) is 0 Å². The van der Waals surface area contributed by atoms with Gasteiger partial charge in [0.15, 0.2) is 5.78 Å². The summed E-state index contributed by atoms with van der Waals surface area (Å²) in [6.07, 6.45) is -2.57. The molecule has 0 aromatic carbocycles. The van der Waals surface area contributed by atoms with Crippen LogP contribution in [-0.4, -0.2) is 20.5 Å². The summed E-state index contributed by atoms with van der Waals surface area (Å²) in [4.78, 5) is 15.6. The van der Waals surface area contributed by atoms with E-state index in [9.17, 15) is 18.0 Å². The summed E-state index contributed by atoms with van der Waals surface area (Å²) >= 11 is 5.72. The van der Waals surface area contributed by atoms with E-state index in [0.717, 1.165) is 12.1 Å². The summed E-state index contributed by atoms with van der Waals surface area (Å²) < 4.78 is 39.0. The molecule has 0 N–H and O–H groups in total. The molecule has 8 heteroatoms. The van der Waals surface area contributed by atoms with E-state index in [1.54, 1.807) is 7.05 Å². The summed E-state index contributed by atoms with van der Waals surface area (Å²) in [6, 6.07) is 1.77. The first-order chi connectivity index (χ1) is 9.74. The molecule has 0 saturated carbocycles. The lowest BCUT2D eigenvalue weighted by molar-refractivity contribution is -0.141. The summed E-state index contributed by atoms with van der Waals surface area (Å²) in [6.45, 7) is 1.83. The Morgan fingerprint density at radius 3 is 2.52 bits per heavy atom. The Bertz CT molecular complexity index is 694. The highest BCUT2D eigenvalue weighted by molar-refractivity contribution is 6.33. The van der Waals surface area contributed by atoms with Crippen molar-refractivity contribution in [1.82, 2.24) is 14.8 Å². The molecule has 0 radical (unpaired) electrons. The molecule has 21 heavy (non-hydrogen) atoms. The second kappa shape index (κ2) is 5.48. The van der Waals surface area contributed by atoms with Crippen LogP contribution in [0.4, 0.5) is 13.2 Å². The van der Waals surface area contributed by atoms with Crippen molar-refractivity contribution >= 4 is 17.4 Å². The molecule has 112 valence electrons. The largest absolute Gasteiger partial charge is 0.433 e. The predicted octanol–water partition coefficient (Wildman–Crippen LogP) is 3.28. The number of carbonyl (C=O) groups excluding carboxylic acids is 1. The van der Waals surface area contributed by atoms with Crippen LogP contribution in [0.2, 0.25) is 5.15 Å². The minimum Gasteiger partial charge on any atom is -0.288 e. The number of hydrogen-bond acceptors (Lipinski definition) is 3. The lowest BCUT2D eigenvalue weighted by Gasteiger charge is -2.08. The van der Waals surface area contributed by atoms with Crippen molar-refractivity contribution in [3.05, 3.63) is 46.0 Å². The van der Waals surface area contributed by atoms with Gasteiger partial charge >= 0.3 is 6.18 Å². The van der Waals surface area contributed by atoms with Crippen molar-refractivity contribution < 1.29 is 18.0 Å². The topological polar surface area (TPSA) is 47.8 Å². The van der Waals surface area contributed by atoms with Crippen LogP contribution in [-0.2, 0) is 19.6 Å². The molecular weight excluding hydrogens is 307 g/mol. The first kappa shape index (κ1) is 15.5. The zero-order valence-corrected chi connectivity index (χ0v) is 12.0. The third kappa shape index (κ3) is 3.07. The number of hydrogen-bond donors (Lipinski definition) is 0. The first-order valence-electron chi connectivity index (χ1n) is 6.05. The van der Waals surface area contributed by atoms with Crippen molar-refractivity contribution in [3.8, 4) is 0 Å². The number of alkyl halides is 3. The summed E-state index contributed by atoms with van der Waals surface area (Å²) in [5, 5.41) is 3.64. The Hall–Kier alpha value is -1.89. The molecule has 0 aliphatic rings. The Labute approximate surface area is 123 Å².